The first-order valence-electron chi connectivity index (χ1n) is 9.85. The maximum absolute atomic E-state index is 14.2. The van der Waals surface area contributed by atoms with E-state index in [9.17, 15) is 17.2 Å². The molecule has 0 unspecified atom stereocenters. The molecule has 10 heteroatoms. The van der Waals surface area contributed by atoms with Crippen molar-refractivity contribution in [2.75, 3.05) is 10.5 Å². The fourth-order valence-corrected chi connectivity index (χ4v) is 4.37. The van der Waals surface area contributed by atoms with Crippen LogP contribution in [-0.4, -0.2) is 28.8 Å². The number of fused-ring (bicyclic) bond motifs is 1. The van der Waals surface area contributed by atoms with Crippen LogP contribution in [0.3, 0.4) is 0 Å². The van der Waals surface area contributed by atoms with Gasteiger partial charge < -0.3 is 4.74 Å². The second-order valence-electron chi connectivity index (χ2n) is 7.20. The molecule has 0 amide bonds. The van der Waals surface area contributed by atoms with Gasteiger partial charge in [-0.25, -0.2) is 17.2 Å². The monoisotopic (exact) mass is 458 g/mol. The summed E-state index contributed by atoms with van der Waals surface area (Å²) in [5.41, 5.74) is 2.13. The molecule has 0 saturated carbocycles. The number of nitrogens with zero attached hydrogens (tertiary/aromatic N) is 3. The van der Waals surface area contributed by atoms with E-state index in [2.05, 4.69) is 14.9 Å². The van der Waals surface area contributed by atoms with Crippen LogP contribution in [-0.2, 0) is 10.0 Å². The van der Waals surface area contributed by atoms with Gasteiger partial charge in [0, 0.05) is 29.1 Å². The minimum Gasteiger partial charge on any atom is -0.454 e. The van der Waals surface area contributed by atoms with Gasteiger partial charge in [0.25, 0.3) is 0 Å². The van der Waals surface area contributed by atoms with Gasteiger partial charge in [0.2, 0.25) is 10.0 Å². The van der Waals surface area contributed by atoms with Gasteiger partial charge in [-0.05, 0) is 55.8 Å². The zero-order valence-corrected chi connectivity index (χ0v) is 18.2. The number of hydrogen-bond donors (Lipinski definition) is 1. The molecule has 4 aromatic rings. The van der Waals surface area contributed by atoms with E-state index in [-0.39, 0.29) is 17.3 Å². The zero-order chi connectivity index (χ0) is 22.9. The molecule has 0 aliphatic rings. The molecule has 0 aliphatic heterocycles. The minimum atomic E-state index is -3.52. The van der Waals surface area contributed by atoms with Gasteiger partial charge in [-0.2, -0.15) is 0 Å². The van der Waals surface area contributed by atoms with Gasteiger partial charge in [-0.1, -0.05) is 6.92 Å². The van der Waals surface area contributed by atoms with Crippen LogP contribution in [0, 0.1) is 18.6 Å². The van der Waals surface area contributed by atoms with Crippen molar-refractivity contribution in [1.29, 1.82) is 0 Å². The van der Waals surface area contributed by atoms with Crippen molar-refractivity contribution < 1.29 is 21.9 Å². The molecule has 1 N–H and O–H groups in total. The van der Waals surface area contributed by atoms with Gasteiger partial charge in [0.05, 0.1) is 5.75 Å². The van der Waals surface area contributed by atoms with Crippen molar-refractivity contribution in [3.8, 4) is 22.6 Å². The maximum Gasteiger partial charge on any atom is 0.232 e. The molecule has 0 saturated heterocycles. The Labute approximate surface area is 183 Å². The van der Waals surface area contributed by atoms with Crippen LogP contribution in [0.2, 0.25) is 0 Å². The van der Waals surface area contributed by atoms with Crippen molar-refractivity contribution in [2.45, 2.75) is 20.3 Å². The first-order chi connectivity index (χ1) is 15.3. The third kappa shape index (κ3) is 4.54. The maximum atomic E-state index is 14.2. The van der Waals surface area contributed by atoms with Gasteiger partial charge in [-0.15, -0.1) is 10.2 Å². The normalized spacial score (nSPS) is 11.6. The van der Waals surface area contributed by atoms with E-state index in [4.69, 9.17) is 4.74 Å². The number of benzene rings is 2. The highest BCUT2D eigenvalue weighted by molar-refractivity contribution is 7.92. The highest BCUT2D eigenvalue weighted by atomic mass is 32.2. The lowest BCUT2D eigenvalue weighted by molar-refractivity contribution is 0.439. The summed E-state index contributed by atoms with van der Waals surface area (Å²) in [6.07, 6.45) is 2.25. The number of halogens is 2. The molecular formula is C22H20F2N4O3S. The smallest absolute Gasteiger partial charge is 0.232 e. The molecule has 2 heterocycles. The van der Waals surface area contributed by atoms with Gasteiger partial charge >= 0.3 is 0 Å². The van der Waals surface area contributed by atoms with E-state index in [0.717, 1.165) is 12.1 Å². The minimum absolute atomic E-state index is 0.0206. The van der Waals surface area contributed by atoms with E-state index in [1.54, 1.807) is 42.6 Å². The lowest BCUT2D eigenvalue weighted by Gasteiger charge is -2.15. The van der Waals surface area contributed by atoms with Crippen LogP contribution in [0.4, 0.5) is 14.5 Å². The average molecular weight is 458 g/mol. The second-order valence-corrected chi connectivity index (χ2v) is 9.04. The number of hydrogen-bond acceptors (Lipinski definition) is 5. The molecule has 0 spiro atoms. The predicted octanol–water partition coefficient (Wildman–Crippen LogP) is 4.93. The average Bonchev–Trinajstić information content (AvgIpc) is 3.11. The molecule has 2 aromatic carbocycles. The second kappa shape index (κ2) is 8.54. The highest BCUT2D eigenvalue weighted by Crippen LogP contribution is 2.37. The Morgan fingerprint density at radius 1 is 1.03 bits per heavy atom. The largest absolute Gasteiger partial charge is 0.454 e. The Kier molecular flexibility index (Phi) is 5.79. The third-order valence-corrected chi connectivity index (χ3v) is 6.22. The van der Waals surface area contributed by atoms with Crippen LogP contribution in [0.25, 0.3) is 16.8 Å². The fourth-order valence-electron chi connectivity index (χ4n) is 3.25. The summed E-state index contributed by atoms with van der Waals surface area (Å²) >= 11 is 0. The van der Waals surface area contributed by atoms with Gasteiger partial charge in [0.15, 0.2) is 17.2 Å². The summed E-state index contributed by atoms with van der Waals surface area (Å²) < 4.78 is 62.0. The van der Waals surface area contributed by atoms with E-state index in [1.807, 2.05) is 0 Å². The van der Waals surface area contributed by atoms with Crippen molar-refractivity contribution in [1.82, 2.24) is 14.6 Å². The van der Waals surface area contributed by atoms with Gasteiger partial charge in [0.1, 0.15) is 17.4 Å². The topological polar surface area (TPSA) is 85.6 Å². The number of sulfonamides is 1. The lowest BCUT2D eigenvalue weighted by Crippen LogP contribution is -2.16. The van der Waals surface area contributed by atoms with Gasteiger partial charge in [-0.3, -0.25) is 9.12 Å². The van der Waals surface area contributed by atoms with Crippen molar-refractivity contribution >= 4 is 21.4 Å². The summed E-state index contributed by atoms with van der Waals surface area (Å²) in [7, 11) is -3.52. The molecule has 4 rings (SSSR count). The van der Waals surface area contributed by atoms with Crippen LogP contribution in [0.5, 0.6) is 11.5 Å². The number of rotatable bonds is 7. The standard InChI is InChI=1S/C22H20F2N4O3S/c1-3-10-32(29,30)27-17-6-8-20(31-21-7-5-16(23)11-19(21)24)18(12-17)15-4-9-22-26-25-14(2)28(22)13-15/h4-9,11-13,27H,3,10H2,1-2H3. The Bertz CT molecular complexity index is 1400. The van der Waals surface area contributed by atoms with Crippen LogP contribution >= 0.6 is 0 Å². The van der Waals surface area contributed by atoms with E-state index < -0.39 is 21.7 Å². The first kappa shape index (κ1) is 21.7. The molecule has 32 heavy (non-hydrogen) atoms. The summed E-state index contributed by atoms with van der Waals surface area (Å²) in [4.78, 5) is 0. The molecule has 2 aromatic heterocycles. The van der Waals surface area contributed by atoms with E-state index in [0.29, 0.717) is 34.7 Å². The van der Waals surface area contributed by atoms with Crippen molar-refractivity contribution in [3.05, 3.63) is 72.2 Å². The Morgan fingerprint density at radius 3 is 2.56 bits per heavy atom. The molecule has 0 radical (unpaired) electrons. The number of ether oxygens (including phenoxy) is 1. The van der Waals surface area contributed by atoms with Crippen molar-refractivity contribution in [2.24, 2.45) is 0 Å². The summed E-state index contributed by atoms with van der Waals surface area (Å²) in [6, 6.07) is 11.2. The Balaban J connectivity index is 1.81. The Morgan fingerprint density at radius 2 is 1.81 bits per heavy atom. The molecule has 166 valence electrons. The van der Waals surface area contributed by atoms with Crippen LogP contribution in [0.15, 0.2) is 54.7 Å². The fraction of sp³-hybridized carbons (Fsp3) is 0.182. The van der Waals surface area contributed by atoms with E-state index in [1.165, 1.54) is 18.2 Å². The Hall–Kier alpha value is -3.53. The van der Waals surface area contributed by atoms with Crippen LogP contribution < -0.4 is 9.46 Å². The summed E-state index contributed by atoms with van der Waals surface area (Å²) in [5, 5.41) is 8.09. The number of pyridine rings is 1. The number of aryl methyl sites for hydroxylation is 1. The number of nitrogens with one attached hydrogen (secondary N) is 1. The number of anilines is 1. The molecule has 0 bridgehead atoms. The third-order valence-electron chi connectivity index (χ3n) is 4.72. The quantitative estimate of drug-likeness (QED) is 0.425. The molecule has 0 fully saturated rings. The molecule has 7 nitrogen and oxygen atoms in total. The van der Waals surface area contributed by atoms with E-state index >= 15 is 0 Å². The highest BCUT2D eigenvalue weighted by Gasteiger charge is 2.16. The lowest BCUT2D eigenvalue weighted by atomic mass is 10.1. The predicted molar refractivity (Wildman–Crippen MR) is 117 cm³/mol. The zero-order valence-electron chi connectivity index (χ0n) is 17.3. The SMILES string of the molecule is CCCS(=O)(=O)Nc1ccc(Oc2ccc(F)cc2F)c(-c2ccc3nnc(C)n3c2)c1. The van der Waals surface area contributed by atoms with Crippen LogP contribution in [0.1, 0.15) is 19.2 Å². The molecule has 0 atom stereocenters. The molecular weight excluding hydrogens is 438 g/mol. The summed E-state index contributed by atoms with van der Waals surface area (Å²) in [5.74, 6) is -0.827. The molecule has 0 aliphatic carbocycles. The summed E-state index contributed by atoms with van der Waals surface area (Å²) in [6.45, 7) is 3.57. The number of aromatic nitrogens is 3. The first-order valence-corrected chi connectivity index (χ1v) is 11.5. The van der Waals surface area contributed by atoms with Crippen molar-refractivity contribution in [3.63, 3.8) is 0 Å².